The number of aliphatic carboxylic acids is 1. The molecule has 0 bridgehead atoms. The zero-order valence-electron chi connectivity index (χ0n) is 7.65. The summed E-state index contributed by atoms with van der Waals surface area (Å²) >= 11 is 0. The molecule has 1 N–H and O–H groups in total. The summed E-state index contributed by atoms with van der Waals surface area (Å²) in [5.74, 6) is -0.786. The molecule has 5 nitrogen and oxygen atoms in total. The predicted octanol–water partition coefficient (Wildman–Crippen LogP) is 0.666. The molecule has 76 valence electrons. The van der Waals surface area contributed by atoms with Crippen molar-refractivity contribution in [3.05, 3.63) is 28.3 Å². The van der Waals surface area contributed by atoms with Gasteiger partial charge in [-0.25, -0.2) is 4.79 Å². The van der Waals surface area contributed by atoms with Crippen LogP contribution in [-0.2, 0) is 11.2 Å². The molecule has 0 spiro atoms. The second-order valence-corrected chi connectivity index (χ2v) is 2.57. The van der Waals surface area contributed by atoms with Crippen molar-refractivity contribution in [1.29, 1.82) is 0 Å². The standard InChI is InChI=1S/C9H10O5/c1-2-7-9(14-5-8(11)12)6(10)3-4-13-7/h3-4H,2,5H2,1H3,(H,11,12). The lowest BCUT2D eigenvalue weighted by Crippen LogP contribution is -2.15. The van der Waals surface area contributed by atoms with Crippen LogP contribution in [0.5, 0.6) is 5.75 Å². The Kier molecular flexibility index (Phi) is 3.28. The second kappa shape index (κ2) is 4.45. The van der Waals surface area contributed by atoms with Gasteiger partial charge in [0.25, 0.3) is 0 Å². The Morgan fingerprint density at radius 2 is 2.36 bits per heavy atom. The maximum Gasteiger partial charge on any atom is 0.341 e. The van der Waals surface area contributed by atoms with Crippen LogP contribution in [0.15, 0.2) is 21.5 Å². The van der Waals surface area contributed by atoms with E-state index in [-0.39, 0.29) is 11.2 Å². The van der Waals surface area contributed by atoms with E-state index >= 15 is 0 Å². The van der Waals surface area contributed by atoms with Crippen LogP contribution < -0.4 is 10.2 Å². The fraction of sp³-hybridized carbons (Fsp3) is 0.333. The minimum Gasteiger partial charge on any atom is -0.479 e. The largest absolute Gasteiger partial charge is 0.479 e. The molecule has 0 amide bonds. The Morgan fingerprint density at radius 1 is 1.64 bits per heavy atom. The second-order valence-electron chi connectivity index (χ2n) is 2.57. The summed E-state index contributed by atoms with van der Waals surface area (Å²) in [6.07, 6.45) is 1.74. The van der Waals surface area contributed by atoms with E-state index in [1.807, 2.05) is 0 Å². The topological polar surface area (TPSA) is 76.7 Å². The number of hydrogen-bond donors (Lipinski definition) is 1. The van der Waals surface area contributed by atoms with Gasteiger partial charge in [0, 0.05) is 12.5 Å². The molecular weight excluding hydrogens is 188 g/mol. The summed E-state index contributed by atoms with van der Waals surface area (Å²) in [5, 5.41) is 8.37. The zero-order valence-corrected chi connectivity index (χ0v) is 7.65. The predicted molar refractivity (Wildman–Crippen MR) is 47.5 cm³/mol. The fourth-order valence-electron chi connectivity index (χ4n) is 0.974. The Balaban J connectivity index is 2.93. The first kappa shape index (κ1) is 10.3. The molecule has 1 heterocycles. The molecule has 1 rings (SSSR count). The Labute approximate surface area is 79.9 Å². The van der Waals surface area contributed by atoms with Crippen LogP contribution in [0.1, 0.15) is 12.7 Å². The summed E-state index contributed by atoms with van der Waals surface area (Å²) in [6.45, 7) is 1.24. The summed E-state index contributed by atoms with van der Waals surface area (Å²) < 4.78 is 9.82. The zero-order chi connectivity index (χ0) is 10.6. The van der Waals surface area contributed by atoms with Gasteiger partial charge >= 0.3 is 5.97 Å². The van der Waals surface area contributed by atoms with Gasteiger partial charge in [0.05, 0.1) is 6.26 Å². The fourth-order valence-corrected chi connectivity index (χ4v) is 0.974. The van der Waals surface area contributed by atoms with Crippen molar-refractivity contribution in [3.63, 3.8) is 0 Å². The highest BCUT2D eigenvalue weighted by molar-refractivity contribution is 5.68. The quantitative estimate of drug-likeness (QED) is 0.769. The Hall–Kier alpha value is -1.78. The summed E-state index contributed by atoms with van der Waals surface area (Å²) in [4.78, 5) is 21.5. The van der Waals surface area contributed by atoms with E-state index in [2.05, 4.69) is 0 Å². The van der Waals surface area contributed by atoms with Crippen molar-refractivity contribution in [2.45, 2.75) is 13.3 Å². The van der Waals surface area contributed by atoms with Crippen LogP contribution in [-0.4, -0.2) is 17.7 Å². The van der Waals surface area contributed by atoms with Gasteiger partial charge in [-0.05, 0) is 0 Å². The summed E-state index contributed by atoms with van der Waals surface area (Å²) in [6, 6.07) is 1.19. The van der Waals surface area contributed by atoms with Gasteiger partial charge in [0.1, 0.15) is 5.76 Å². The van der Waals surface area contributed by atoms with E-state index in [4.69, 9.17) is 14.3 Å². The van der Waals surface area contributed by atoms with E-state index < -0.39 is 12.6 Å². The average molecular weight is 198 g/mol. The number of carboxylic acids is 1. The summed E-state index contributed by atoms with van der Waals surface area (Å²) in [5.41, 5.74) is -0.366. The van der Waals surface area contributed by atoms with Gasteiger partial charge in [-0.1, -0.05) is 6.92 Å². The van der Waals surface area contributed by atoms with E-state index in [0.717, 1.165) is 0 Å². The van der Waals surface area contributed by atoms with Crippen LogP contribution in [0.25, 0.3) is 0 Å². The number of carboxylic acid groups (broad SMARTS) is 1. The number of hydrogen-bond acceptors (Lipinski definition) is 4. The molecule has 0 aliphatic carbocycles. The lowest BCUT2D eigenvalue weighted by atomic mass is 10.3. The van der Waals surface area contributed by atoms with Crippen LogP contribution in [0, 0.1) is 0 Å². The SMILES string of the molecule is CCc1occc(=O)c1OCC(=O)O. The Bertz CT molecular complexity index is 379. The molecule has 0 fully saturated rings. The van der Waals surface area contributed by atoms with Crippen LogP contribution in [0.3, 0.4) is 0 Å². The molecular formula is C9H10O5. The molecule has 0 saturated carbocycles. The molecule has 0 aliphatic heterocycles. The first-order valence-electron chi connectivity index (χ1n) is 4.10. The molecule has 1 aromatic heterocycles. The average Bonchev–Trinajstić information content (AvgIpc) is 2.15. The van der Waals surface area contributed by atoms with Crippen molar-refractivity contribution in [3.8, 4) is 5.75 Å². The number of carbonyl (C=O) groups is 1. The van der Waals surface area contributed by atoms with Gasteiger partial charge < -0.3 is 14.3 Å². The first-order chi connectivity index (χ1) is 6.65. The van der Waals surface area contributed by atoms with Gasteiger partial charge in [-0.2, -0.15) is 0 Å². The molecule has 0 radical (unpaired) electrons. The molecule has 0 unspecified atom stereocenters. The molecule has 1 aromatic rings. The van der Waals surface area contributed by atoms with E-state index in [1.165, 1.54) is 12.3 Å². The van der Waals surface area contributed by atoms with Gasteiger partial charge in [-0.15, -0.1) is 0 Å². The third-order valence-corrected chi connectivity index (χ3v) is 1.57. The third-order valence-electron chi connectivity index (χ3n) is 1.57. The highest BCUT2D eigenvalue weighted by Gasteiger charge is 2.10. The monoisotopic (exact) mass is 198 g/mol. The normalized spacial score (nSPS) is 9.79. The van der Waals surface area contributed by atoms with E-state index in [0.29, 0.717) is 12.2 Å². The molecule has 0 saturated heterocycles. The van der Waals surface area contributed by atoms with Crippen LogP contribution >= 0.6 is 0 Å². The lowest BCUT2D eigenvalue weighted by Gasteiger charge is -2.04. The number of ether oxygens (including phenoxy) is 1. The highest BCUT2D eigenvalue weighted by atomic mass is 16.5. The smallest absolute Gasteiger partial charge is 0.341 e. The van der Waals surface area contributed by atoms with Crippen molar-refractivity contribution in [1.82, 2.24) is 0 Å². The van der Waals surface area contributed by atoms with Crippen molar-refractivity contribution in [2.75, 3.05) is 6.61 Å². The molecule has 0 atom stereocenters. The maximum absolute atomic E-state index is 11.2. The van der Waals surface area contributed by atoms with Gasteiger partial charge in [-0.3, -0.25) is 4.79 Å². The minimum atomic E-state index is -1.13. The van der Waals surface area contributed by atoms with Gasteiger partial charge in [0.2, 0.25) is 11.2 Å². The van der Waals surface area contributed by atoms with E-state index in [1.54, 1.807) is 6.92 Å². The number of rotatable bonds is 4. The Morgan fingerprint density at radius 3 is 2.93 bits per heavy atom. The number of aryl methyl sites for hydroxylation is 1. The van der Waals surface area contributed by atoms with Gasteiger partial charge in [0.15, 0.2) is 6.61 Å². The van der Waals surface area contributed by atoms with Crippen molar-refractivity contribution < 1.29 is 19.1 Å². The highest BCUT2D eigenvalue weighted by Crippen LogP contribution is 2.12. The van der Waals surface area contributed by atoms with Crippen LogP contribution in [0.2, 0.25) is 0 Å². The van der Waals surface area contributed by atoms with Crippen LogP contribution in [0.4, 0.5) is 0 Å². The van der Waals surface area contributed by atoms with Crippen molar-refractivity contribution in [2.24, 2.45) is 0 Å². The van der Waals surface area contributed by atoms with Crippen molar-refractivity contribution >= 4 is 5.97 Å². The molecule has 5 heteroatoms. The third kappa shape index (κ3) is 2.35. The minimum absolute atomic E-state index is 0.0163. The summed E-state index contributed by atoms with van der Waals surface area (Å²) in [7, 11) is 0. The first-order valence-corrected chi connectivity index (χ1v) is 4.10. The molecule has 14 heavy (non-hydrogen) atoms. The van der Waals surface area contributed by atoms with E-state index in [9.17, 15) is 9.59 Å². The molecule has 0 aromatic carbocycles. The molecule has 0 aliphatic rings. The maximum atomic E-state index is 11.2. The lowest BCUT2D eigenvalue weighted by molar-refractivity contribution is -0.139.